The van der Waals surface area contributed by atoms with Gasteiger partial charge < -0.3 is 10.5 Å². The third-order valence-corrected chi connectivity index (χ3v) is 3.51. The van der Waals surface area contributed by atoms with Gasteiger partial charge in [-0.2, -0.15) is 0 Å². The highest BCUT2D eigenvalue weighted by molar-refractivity contribution is 7.10. The van der Waals surface area contributed by atoms with Crippen molar-refractivity contribution >= 4 is 11.3 Å². The average Bonchev–Trinajstić information content (AvgIpc) is 2.72. The van der Waals surface area contributed by atoms with Gasteiger partial charge in [0, 0.05) is 4.88 Å². The van der Waals surface area contributed by atoms with Gasteiger partial charge in [-0.3, -0.25) is 0 Å². The van der Waals surface area contributed by atoms with Crippen LogP contribution >= 0.6 is 11.3 Å². The van der Waals surface area contributed by atoms with Gasteiger partial charge in [0.05, 0.1) is 18.2 Å². The maximum Gasteiger partial charge on any atom is 0.0780 e. The first-order valence-corrected chi connectivity index (χ1v) is 5.60. The fourth-order valence-electron chi connectivity index (χ4n) is 1.76. The van der Waals surface area contributed by atoms with Crippen LogP contribution in [0.4, 0.5) is 0 Å². The van der Waals surface area contributed by atoms with E-state index in [0.29, 0.717) is 6.10 Å². The molecule has 13 heavy (non-hydrogen) atoms. The van der Waals surface area contributed by atoms with E-state index in [1.165, 1.54) is 4.88 Å². The van der Waals surface area contributed by atoms with Crippen LogP contribution in [0, 0.1) is 0 Å². The third-order valence-electron chi connectivity index (χ3n) is 2.54. The lowest BCUT2D eigenvalue weighted by molar-refractivity contribution is 0.0408. The van der Waals surface area contributed by atoms with Crippen molar-refractivity contribution in [1.29, 1.82) is 0 Å². The van der Waals surface area contributed by atoms with E-state index in [2.05, 4.69) is 18.4 Å². The molecule has 1 aliphatic rings. The average molecular weight is 197 g/mol. The molecule has 3 atom stereocenters. The Kier molecular flexibility index (Phi) is 2.67. The first kappa shape index (κ1) is 9.19. The fraction of sp³-hybridized carbons (Fsp3) is 0.600. The molecule has 3 unspecified atom stereocenters. The number of ether oxygens (including phenoxy) is 1. The van der Waals surface area contributed by atoms with Crippen LogP contribution in [0.1, 0.15) is 30.7 Å². The zero-order chi connectivity index (χ0) is 9.26. The summed E-state index contributed by atoms with van der Waals surface area (Å²) < 4.78 is 5.73. The molecule has 1 saturated heterocycles. The molecule has 2 nitrogen and oxygen atoms in total. The largest absolute Gasteiger partial charge is 0.373 e. The molecule has 2 rings (SSSR count). The summed E-state index contributed by atoms with van der Waals surface area (Å²) in [7, 11) is 0. The van der Waals surface area contributed by atoms with Crippen LogP contribution in [0.3, 0.4) is 0 Å². The Morgan fingerprint density at radius 1 is 1.62 bits per heavy atom. The Balaban J connectivity index is 2.02. The van der Waals surface area contributed by atoms with Gasteiger partial charge in [-0.05, 0) is 31.2 Å². The number of hydrogen-bond acceptors (Lipinski definition) is 3. The van der Waals surface area contributed by atoms with Crippen LogP contribution in [0.15, 0.2) is 17.5 Å². The van der Waals surface area contributed by atoms with Crippen molar-refractivity contribution in [1.82, 2.24) is 0 Å². The fourth-order valence-corrected chi connectivity index (χ4v) is 2.54. The predicted octanol–water partition coefficient (Wildman–Crippen LogP) is 2.32. The third kappa shape index (κ3) is 1.93. The topological polar surface area (TPSA) is 35.2 Å². The number of hydrogen-bond donors (Lipinski definition) is 1. The maximum absolute atomic E-state index is 6.09. The molecule has 1 aromatic rings. The van der Waals surface area contributed by atoms with Crippen molar-refractivity contribution in [3.63, 3.8) is 0 Å². The zero-order valence-electron chi connectivity index (χ0n) is 7.77. The molecule has 0 radical (unpaired) electrons. The van der Waals surface area contributed by atoms with Crippen molar-refractivity contribution < 1.29 is 4.74 Å². The van der Waals surface area contributed by atoms with Crippen LogP contribution in [0.25, 0.3) is 0 Å². The summed E-state index contributed by atoms with van der Waals surface area (Å²) in [5, 5.41) is 2.06. The molecule has 0 saturated carbocycles. The summed E-state index contributed by atoms with van der Waals surface area (Å²) in [5.41, 5.74) is 6.09. The highest BCUT2D eigenvalue weighted by Crippen LogP contribution is 2.30. The molecule has 2 heterocycles. The van der Waals surface area contributed by atoms with Crippen LogP contribution in [-0.4, -0.2) is 12.2 Å². The minimum atomic E-state index is 0.0740. The Labute approximate surface area is 82.7 Å². The second-order valence-corrected chi connectivity index (χ2v) is 4.58. The second kappa shape index (κ2) is 3.78. The van der Waals surface area contributed by atoms with Gasteiger partial charge in [0.2, 0.25) is 0 Å². The van der Waals surface area contributed by atoms with Gasteiger partial charge in [0.15, 0.2) is 0 Å². The first-order chi connectivity index (χ1) is 6.27. The number of nitrogens with two attached hydrogens (primary N) is 1. The molecule has 1 aliphatic heterocycles. The lowest BCUT2D eigenvalue weighted by Gasteiger charge is -2.17. The van der Waals surface area contributed by atoms with Crippen LogP contribution < -0.4 is 5.73 Å². The van der Waals surface area contributed by atoms with Gasteiger partial charge in [-0.15, -0.1) is 11.3 Å². The van der Waals surface area contributed by atoms with Gasteiger partial charge in [0.1, 0.15) is 0 Å². The molecule has 0 amide bonds. The SMILES string of the molecule is CC1CCC(C(N)c2cccs2)O1. The van der Waals surface area contributed by atoms with Gasteiger partial charge in [-0.25, -0.2) is 0 Å². The molecule has 0 bridgehead atoms. The summed E-state index contributed by atoms with van der Waals surface area (Å²) in [6.45, 7) is 2.11. The predicted molar refractivity (Wildman–Crippen MR) is 54.8 cm³/mol. The van der Waals surface area contributed by atoms with E-state index in [1.807, 2.05) is 6.07 Å². The molecule has 3 heteroatoms. The van der Waals surface area contributed by atoms with Crippen molar-refractivity contribution in [3.8, 4) is 0 Å². The summed E-state index contributed by atoms with van der Waals surface area (Å²) in [5.74, 6) is 0. The van der Waals surface area contributed by atoms with E-state index in [9.17, 15) is 0 Å². The van der Waals surface area contributed by atoms with E-state index in [1.54, 1.807) is 11.3 Å². The Morgan fingerprint density at radius 3 is 3.00 bits per heavy atom. The van der Waals surface area contributed by atoms with Crippen molar-refractivity contribution in [3.05, 3.63) is 22.4 Å². The van der Waals surface area contributed by atoms with Crippen molar-refractivity contribution in [2.45, 2.75) is 38.0 Å². The highest BCUT2D eigenvalue weighted by Gasteiger charge is 2.28. The van der Waals surface area contributed by atoms with E-state index >= 15 is 0 Å². The van der Waals surface area contributed by atoms with Crippen LogP contribution in [-0.2, 0) is 4.74 Å². The monoisotopic (exact) mass is 197 g/mol. The smallest absolute Gasteiger partial charge is 0.0780 e. The summed E-state index contributed by atoms with van der Waals surface area (Å²) >= 11 is 1.71. The van der Waals surface area contributed by atoms with E-state index < -0.39 is 0 Å². The Morgan fingerprint density at radius 2 is 2.46 bits per heavy atom. The minimum absolute atomic E-state index is 0.0740. The van der Waals surface area contributed by atoms with E-state index in [-0.39, 0.29) is 12.1 Å². The quantitative estimate of drug-likeness (QED) is 0.789. The standard InChI is InChI=1S/C10H15NOS/c1-7-4-5-8(12-7)10(11)9-3-2-6-13-9/h2-3,6-8,10H,4-5,11H2,1H3. The van der Waals surface area contributed by atoms with Crippen LogP contribution in [0.5, 0.6) is 0 Å². The summed E-state index contributed by atoms with van der Waals surface area (Å²) in [4.78, 5) is 1.24. The molecule has 2 N–H and O–H groups in total. The van der Waals surface area contributed by atoms with Gasteiger partial charge in [-0.1, -0.05) is 6.07 Å². The lowest BCUT2D eigenvalue weighted by Crippen LogP contribution is -2.25. The van der Waals surface area contributed by atoms with E-state index in [4.69, 9.17) is 10.5 Å². The van der Waals surface area contributed by atoms with Gasteiger partial charge >= 0.3 is 0 Å². The second-order valence-electron chi connectivity index (χ2n) is 3.60. The highest BCUT2D eigenvalue weighted by atomic mass is 32.1. The molecule has 1 aromatic heterocycles. The summed E-state index contributed by atoms with van der Waals surface area (Å²) in [6.07, 6.45) is 2.86. The van der Waals surface area contributed by atoms with Crippen molar-refractivity contribution in [2.24, 2.45) is 5.73 Å². The normalized spacial score (nSPS) is 30.6. The number of thiophene rings is 1. The van der Waals surface area contributed by atoms with E-state index in [0.717, 1.165) is 12.8 Å². The molecule has 0 aliphatic carbocycles. The Hall–Kier alpha value is -0.380. The number of rotatable bonds is 2. The van der Waals surface area contributed by atoms with Crippen LogP contribution in [0.2, 0.25) is 0 Å². The lowest BCUT2D eigenvalue weighted by atomic mass is 10.1. The first-order valence-electron chi connectivity index (χ1n) is 4.72. The molecular weight excluding hydrogens is 182 g/mol. The van der Waals surface area contributed by atoms with Gasteiger partial charge in [0.25, 0.3) is 0 Å². The minimum Gasteiger partial charge on any atom is -0.373 e. The molecule has 1 fully saturated rings. The molecule has 0 spiro atoms. The van der Waals surface area contributed by atoms with Crippen molar-refractivity contribution in [2.75, 3.05) is 0 Å². The molecular formula is C10H15NOS. The molecule has 0 aromatic carbocycles. The Bertz CT molecular complexity index is 260. The molecule has 72 valence electrons. The zero-order valence-corrected chi connectivity index (χ0v) is 8.59. The maximum atomic E-state index is 6.09. The summed E-state index contributed by atoms with van der Waals surface area (Å²) in [6, 6.07) is 4.20.